The summed E-state index contributed by atoms with van der Waals surface area (Å²) < 4.78 is 5.79. The zero-order valence-corrected chi connectivity index (χ0v) is 17.2. The van der Waals surface area contributed by atoms with Gasteiger partial charge in [-0.1, -0.05) is 32.9 Å². The minimum absolute atomic E-state index is 0.168. The summed E-state index contributed by atoms with van der Waals surface area (Å²) in [6.45, 7) is 9.78. The third-order valence-electron chi connectivity index (χ3n) is 4.52. The molecule has 0 atom stereocenters. The van der Waals surface area contributed by atoms with Crippen LogP contribution in [0.2, 0.25) is 0 Å². The third-order valence-corrected chi connectivity index (χ3v) is 7.85. The van der Waals surface area contributed by atoms with E-state index in [1.165, 1.54) is 10.3 Å². The van der Waals surface area contributed by atoms with Gasteiger partial charge in [0.05, 0.1) is 22.7 Å². The molecule has 25 heavy (non-hydrogen) atoms. The Morgan fingerprint density at radius 3 is 2.48 bits per heavy atom. The van der Waals surface area contributed by atoms with Crippen LogP contribution < -0.4 is 4.90 Å². The molecule has 2 aromatic rings. The molecule has 4 nitrogen and oxygen atoms in total. The van der Waals surface area contributed by atoms with Crippen molar-refractivity contribution in [2.24, 2.45) is 0 Å². The van der Waals surface area contributed by atoms with Crippen LogP contribution >= 0.6 is 32.9 Å². The van der Waals surface area contributed by atoms with Crippen LogP contribution in [0.4, 0.5) is 5.69 Å². The Bertz CT molecular complexity index is 940. The summed E-state index contributed by atoms with van der Waals surface area (Å²) in [6, 6.07) is 4.02. The van der Waals surface area contributed by atoms with E-state index in [0.717, 1.165) is 36.6 Å². The van der Waals surface area contributed by atoms with E-state index in [1.54, 1.807) is 22.2 Å². The molecule has 0 radical (unpaired) electrons. The van der Waals surface area contributed by atoms with Crippen molar-refractivity contribution >= 4 is 50.5 Å². The van der Waals surface area contributed by atoms with Gasteiger partial charge in [0.25, 0.3) is 0 Å². The molecular weight excluding hydrogens is 374 g/mol. The first-order valence-electron chi connectivity index (χ1n) is 7.96. The number of hydrogen-bond donors (Lipinski definition) is 0. The van der Waals surface area contributed by atoms with Gasteiger partial charge < -0.3 is 4.74 Å². The molecule has 1 aliphatic heterocycles. The van der Waals surface area contributed by atoms with E-state index in [9.17, 15) is 9.59 Å². The van der Waals surface area contributed by atoms with E-state index >= 15 is 0 Å². The summed E-state index contributed by atoms with van der Waals surface area (Å²) in [6.07, 6.45) is 0. The average molecular weight is 394 g/mol. The maximum absolute atomic E-state index is 12.9. The molecule has 132 valence electrons. The normalized spacial score (nSPS) is 14.7. The van der Waals surface area contributed by atoms with E-state index in [0.29, 0.717) is 0 Å². The van der Waals surface area contributed by atoms with Gasteiger partial charge in [-0.3, -0.25) is 9.69 Å². The SMILES string of the molecule is CCOC(=O)C(=O)N1c2cc(C)c(C)cc2-c2c(ssc2=S)C1(C)C. The summed E-state index contributed by atoms with van der Waals surface area (Å²) in [7, 11) is 3.10. The zero-order chi connectivity index (χ0) is 18.5. The van der Waals surface area contributed by atoms with E-state index in [2.05, 4.69) is 6.07 Å². The van der Waals surface area contributed by atoms with Crippen LogP contribution in [-0.4, -0.2) is 18.5 Å². The van der Waals surface area contributed by atoms with Gasteiger partial charge in [0, 0.05) is 11.1 Å². The molecule has 0 N–H and O–H groups in total. The highest BCUT2D eigenvalue weighted by Crippen LogP contribution is 2.52. The number of ether oxygens (including phenoxy) is 1. The van der Waals surface area contributed by atoms with Crippen LogP contribution in [0, 0.1) is 17.7 Å². The topological polar surface area (TPSA) is 46.6 Å². The summed E-state index contributed by atoms with van der Waals surface area (Å²) in [5.74, 6) is -1.48. The standard InChI is InChI=1S/C18H19NO3S3/c1-6-22-16(21)15(20)19-12-8-10(3)9(2)7-11(12)13-14(18(19,4)5)24-25-17(13)23/h7-8H,6H2,1-5H3. The van der Waals surface area contributed by atoms with Crippen molar-refractivity contribution in [2.75, 3.05) is 11.5 Å². The van der Waals surface area contributed by atoms with Crippen LogP contribution in [0.25, 0.3) is 11.1 Å². The summed E-state index contributed by atoms with van der Waals surface area (Å²) in [5.41, 5.74) is 4.16. The highest BCUT2D eigenvalue weighted by atomic mass is 32.9. The second-order valence-electron chi connectivity index (χ2n) is 6.53. The number of rotatable bonds is 1. The minimum atomic E-state index is -0.831. The summed E-state index contributed by atoms with van der Waals surface area (Å²) in [5, 5.41) is 0. The Labute approximate surface area is 159 Å². The fourth-order valence-corrected chi connectivity index (χ4v) is 6.41. The number of anilines is 1. The number of benzene rings is 1. The van der Waals surface area contributed by atoms with Crippen molar-refractivity contribution in [3.63, 3.8) is 0 Å². The molecule has 7 heteroatoms. The Hall–Kier alpha value is -1.57. The largest absolute Gasteiger partial charge is 0.459 e. The van der Waals surface area contributed by atoms with Gasteiger partial charge in [-0.15, -0.1) is 0 Å². The molecule has 0 bridgehead atoms. The van der Waals surface area contributed by atoms with Crippen LogP contribution in [0.5, 0.6) is 0 Å². The number of amides is 1. The zero-order valence-electron chi connectivity index (χ0n) is 14.8. The first-order valence-corrected chi connectivity index (χ1v) is 10.5. The predicted molar refractivity (Wildman–Crippen MR) is 105 cm³/mol. The van der Waals surface area contributed by atoms with E-state index < -0.39 is 17.4 Å². The first kappa shape index (κ1) is 18.2. The molecular formula is C18H19NO3S3. The molecule has 1 aromatic carbocycles. The molecule has 1 amide bonds. The molecule has 1 aliphatic rings. The molecule has 3 rings (SSSR count). The second kappa shape index (κ2) is 6.30. The fourth-order valence-electron chi connectivity index (χ4n) is 3.13. The monoisotopic (exact) mass is 393 g/mol. The smallest absolute Gasteiger partial charge is 0.397 e. The van der Waals surface area contributed by atoms with Crippen LogP contribution in [0.3, 0.4) is 0 Å². The van der Waals surface area contributed by atoms with Crippen molar-refractivity contribution < 1.29 is 14.3 Å². The highest BCUT2D eigenvalue weighted by Gasteiger charge is 2.45. The number of fused-ring (bicyclic) bond motifs is 3. The van der Waals surface area contributed by atoms with Crippen molar-refractivity contribution in [3.8, 4) is 11.1 Å². The van der Waals surface area contributed by atoms with Gasteiger partial charge in [-0.2, -0.15) is 0 Å². The second-order valence-corrected chi connectivity index (χ2v) is 9.35. The van der Waals surface area contributed by atoms with Crippen molar-refractivity contribution in [1.29, 1.82) is 0 Å². The lowest BCUT2D eigenvalue weighted by Gasteiger charge is -2.42. The molecule has 2 heterocycles. The Morgan fingerprint density at radius 2 is 1.84 bits per heavy atom. The molecule has 1 aromatic heterocycles. The molecule has 0 saturated heterocycles. The van der Waals surface area contributed by atoms with Gasteiger partial charge in [-0.25, -0.2) is 4.79 Å². The number of esters is 1. The Kier molecular flexibility index (Phi) is 4.59. The summed E-state index contributed by atoms with van der Waals surface area (Å²) >= 11 is 5.56. The van der Waals surface area contributed by atoms with Crippen LogP contribution in [0.1, 0.15) is 36.8 Å². The lowest BCUT2D eigenvalue weighted by molar-refractivity contribution is -0.153. The van der Waals surface area contributed by atoms with E-state index in [-0.39, 0.29) is 6.61 Å². The van der Waals surface area contributed by atoms with E-state index in [4.69, 9.17) is 17.0 Å². The number of carbonyl (C=O) groups excluding carboxylic acids is 2. The van der Waals surface area contributed by atoms with Crippen molar-refractivity contribution in [1.82, 2.24) is 0 Å². The van der Waals surface area contributed by atoms with Crippen molar-refractivity contribution in [2.45, 2.75) is 40.2 Å². The van der Waals surface area contributed by atoms with Gasteiger partial charge in [0.2, 0.25) is 0 Å². The Morgan fingerprint density at radius 1 is 1.20 bits per heavy atom. The number of hydrogen-bond acceptors (Lipinski definition) is 6. The maximum atomic E-state index is 12.9. The molecule has 0 aliphatic carbocycles. The van der Waals surface area contributed by atoms with Gasteiger partial charge in [0.15, 0.2) is 0 Å². The fraction of sp³-hybridized carbons (Fsp3) is 0.389. The van der Waals surface area contributed by atoms with Gasteiger partial charge in [0.1, 0.15) is 3.82 Å². The van der Waals surface area contributed by atoms with Crippen LogP contribution in [-0.2, 0) is 19.9 Å². The quantitative estimate of drug-likeness (QED) is 0.297. The maximum Gasteiger partial charge on any atom is 0.397 e. The predicted octanol–water partition coefficient (Wildman–Crippen LogP) is 4.97. The number of carbonyl (C=O) groups is 2. The average Bonchev–Trinajstić information content (AvgIpc) is 2.92. The lowest BCUT2D eigenvalue weighted by atomic mass is 9.86. The number of nitrogens with zero attached hydrogens (tertiary/aromatic N) is 1. The summed E-state index contributed by atoms with van der Waals surface area (Å²) in [4.78, 5) is 27.7. The first-order chi connectivity index (χ1) is 11.7. The van der Waals surface area contributed by atoms with Crippen LogP contribution in [0.15, 0.2) is 12.1 Å². The molecule has 0 fully saturated rings. The molecule has 0 saturated carbocycles. The van der Waals surface area contributed by atoms with Gasteiger partial charge >= 0.3 is 11.9 Å². The van der Waals surface area contributed by atoms with E-state index in [1.807, 2.05) is 33.8 Å². The molecule has 0 spiro atoms. The Balaban J connectivity index is 2.31. The minimum Gasteiger partial charge on any atom is -0.459 e. The van der Waals surface area contributed by atoms with Gasteiger partial charge in [-0.05, 0) is 57.9 Å². The number of aryl methyl sites for hydroxylation is 2. The molecule has 0 unspecified atom stereocenters. The lowest BCUT2D eigenvalue weighted by Crippen LogP contribution is -2.51. The third kappa shape index (κ3) is 2.74. The highest BCUT2D eigenvalue weighted by molar-refractivity contribution is 7.80. The van der Waals surface area contributed by atoms with Crippen molar-refractivity contribution in [3.05, 3.63) is 32.0 Å².